The quantitative estimate of drug-likeness (QED) is 0.339. The number of hydrogen-bond acceptors (Lipinski definition) is 6. The Kier molecular flexibility index (Phi) is 10.2. The van der Waals surface area contributed by atoms with Gasteiger partial charge in [0.15, 0.2) is 0 Å². The van der Waals surface area contributed by atoms with Crippen molar-refractivity contribution in [1.29, 1.82) is 0 Å². The van der Waals surface area contributed by atoms with Gasteiger partial charge in [-0.3, -0.25) is 14.8 Å². The van der Waals surface area contributed by atoms with Gasteiger partial charge in [-0.1, -0.05) is 44.2 Å². The van der Waals surface area contributed by atoms with E-state index in [1.807, 2.05) is 64.1 Å². The number of rotatable bonds is 10. The van der Waals surface area contributed by atoms with Gasteiger partial charge in [-0.2, -0.15) is 0 Å². The first-order valence-electron chi connectivity index (χ1n) is 13.4. The molecule has 8 heteroatoms. The van der Waals surface area contributed by atoms with Crippen LogP contribution in [0.15, 0.2) is 48.8 Å². The van der Waals surface area contributed by atoms with Crippen molar-refractivity contribution in [1.82, 2.24) is 20.6 Å². The first kappa shape index (κ1) is 29.8. The summed E-state index contributed by atoms with van der Waals surface area (Å²) >= 11 is 0. The fraction of sp³-hybridized carbons (Fsp3) is 0.419. The van der Waals surface area contributed by atoms with Gasteiger partial charge in [0.25, 0.3) is 0 Å². The largest absolute Gasteiger partial charge is 0.444 e. The molecule has 4 N–H and O–H groups in total. The van der Waals surface area contributed by atoms with Gasteiger partial charge in [0.2, 0.25) is 5.91 Å². The van der Waals surface area contributed by atoms with Gasteiger partial charge in [0.1, 0.15) is 5.60 Å². The summed E-state index contributed by atoms with van der Waals surface area (Å²) in [6.45, 7) is 12.8. The summed E-state index contributed by atoms with van der Waals surface area (Å²) < 4.78 is 5.50. The van der Waals surface area contributed by atoms with Crippen LogP contribution in [-0.4, -0.2) is 27.6 Å². The van der Waals surface area contributed by atoms with E-state index in [4.69, 9.17) is 15.5 Å². The van der Waals surface area contributed by atoms with E-state index < -0.39 is 11.7 Å². The van der Waals surface area contributed by atoms with E-state index in [-0.39, 0.29) is 18.9 Å². The van der Waals surface area contributed by atoms with Crippen LogP contribution in [-0.2, 0) is 42.0 Å². The number of nitrogens with one attached hydrogen (secondary N) is 2. The third kappa shape index (κ3) is 8.89. The lowest BCUT2D eigenvalue weighted by atomic mass is 9.88. The Labute approximate surface area is 231 Å². The van der Waals surface area contributed by atoms with Crippen LogP contribution in [0.3, 0.4) is 0 Å². The zero-order valence-corrected chi connectivity index (χ0v) is 23.9. The van der Waals surface area contributed by atoms with E-state index in [1.54, 1.807) is 12.4 Å². The Bertz CT molecular complexity index is 1270. The third-order valence-electron chi connectivity index (χ3n) is 6.13. The van der Waals surface area contributed by atoms with E-state index in [0.29, 0.717) is 19.0 Å². The molecule has 0 spiro atoms. The van der Waals surface area contributed by atoms with E-state index >= 15 is 0 Å². The Morgan fingerprint density at radius 3 is 2.31 bits per heavy atom. The van der Waals surface area contributed by atoms with Gasteiger partial charge in [-0.25, -0.2) is 4.79 Å². The fourth-order valence-electron chi connectivity index (χ4n) is 4.36. The highest BCUT2D eigenvalue weighted by molar-refractivity contribution is 5.84. The average Bonchev–Trinajstić information content (AvgIpc) is 2.87. The maximum absolute atomic E-state index is 13.2. The van der Waals surface area contributed by atoms with Crippen molar-refractivity contribution in [3.05, 3.63) is 82.4 Å². The second-order valence-electron chi connectivity index (χ2n) is 11.1. The van der Waals surface area contributed by atoms with Crippen LogP contribution < -0.4 is 16.4 Å². The normalized spacial score (nSPS) is 11.4. The summed E-state index contributed by atoms with van der Waals surface area (Å²) in [5.41, 5.74) is 12.4. The molecule has 208 valence electrons. The third-order valence-corrected chi connectivity index (χ3v) is 6.13. The van der Waals surface area contributed by atoms with Crippen LogP contribution >= 0.6 is 0 Å². The van der Waals surface area contributed by atoms with Crippen LogP contribution in [0.25, 0.3) is 11.1 Å². The predicted molar refractivity (Wildman–Crippen MR) is 154 cm³/mol. The minimum atomic E-state index is -0.616. The smallest absolute Gasteiger partial charge is 0.407 e. The molecule has 0 saturated carbocycles. The number of aromatic nitrogens is 2. The topological polar surface area (TPSA) is 119 Å². The SMILES string of the molecule is Cc1nc(CC(C)C)c(CNC(=O)OC(C)(C)C)c(-c2ccc(CN)cc2)c1CC(=O)NCc1cccnc1. The van der Waals surface area contributed by atoms with Crippen LogP contribution in [0.2, 0.25) is 0 Å². The number of hydrogen-bond donors (Lipinski definition) is 3. The Morgan fingerprint density at radius 2 is 1.72 bits per heavy atom. The molecule has 39 heavy (non-hydrogen) atoms. The number of benzene rings is 1. The van der Waals surface area contributed by atoms with Crippen molar-refractivity contribution in [2.45, 2.75) is 79.6 Å². The molecule has 2 amide bonds. The molecule has 0 aliphatic heterocycles. The fourth-order valence-corrected chi connectivity index (χ4v) is 4.36. The number of alkyl carbamates (subject to hydrolysis) is 1. The monoisotopic (exact) mass is 531 g/mol. The van der Waals surface area contributed by atoms with Gasteiger partial charge in [0, 0.05) is 49.0 Å². The average molecular weight is 532 g/mol. The van der Waals surface area contributed by atoms with E-state index in [1.165, 1.54) is 0 Å². The molecule has 3 rings (SSSR count). The Balaban J connectivity index is 2.05. The molecule has 0 saturated heterocycles. The lowest BCUT2D eigenvalue weighted by Gasteiger charge is -2.23. The molecule has 0 fully saturated rings. The lowest BCUT2D eigenvalue weighted by molar-refractivity contribution is -0.120. The predicted octanol–water partition coefficient (Wildman–Crippen LogP) is 4.99. The molecular formula is C31H41N5O3. The van der Waals surface area contributed by atoms with Crippen molar-refractivity contribution in [2.75, 3.05) is 0 Å². The van der Waals surface area contributed by atoms with Gasteiger partial charge in [0.05, 0.1) is 6.42 Å². The van der Waals surface area contributed by atoms with Crippen molar-refractivity contribution < 1.29 is 14.3 Å². The van der Waals surface area contributed by atoms with E-state index in [9.17, 15) is 9.59 Å². The number of pyridine rings is 2. The number of amides is 2. The second kappa shape index (κ2) is 13.3. The van der Waals surface area contributed by atoms with Crippen molar-refractivity contribution in [2.24, 2.45) is 11.7 Å². The Morgan fingerprint density at radius 1 is 1.00 bits per heavy atom. The highest BCUT2D eigenvalue weighted by Crippen LogP contribution is 2.33. The van der Waals surface area contributed by atoms with Crippen molar-refractivity contribution in [3.63, 3.8) is 0 Å². The molecule has 0 aliphatic carbocycles. The zero-order chi connectivity index (χ0) is 28.6. The number of carbonyl (C=O) groups excluding carboxylic acids is 2. The number of ether oxygens (including phenoxy) is 1. The molecule has 0 atom stereocenters. The Hall–Kier alpha value is -3.78. The summed E-state index contributed by atoms with van der Waals surface area (Å²) in [5.74, 6) is 0.226. The highest BCUT2D eigenvalue weighted by atomic mass is 16.6. The number of nitrogens with two attached hydrogens (primary N) is 1. The molecule has 1 aromatic carbocycles. The van der Waals surface area contributed by atoms with Crippen LogP contribution in [0.5, 0.6) is 0 Å². The van der Waals surface area contributed by atoms with Crippen LogP contribution in [0, 0.1) is 12.8 Å². The molecule has 0 unspecified atom stereocenters. The number of carbonyl (C=O) groups is 2. The van der Waals surface area contributed by atoms with E-state index in [0.717, 1.165) is 51.2 Å². The molecule has 8 nitrogen and oxygen atoms in total. The summed E-state index contributed by atoms with van der Waals surface area (Å²) in [5, 5.41) is 5.92. The summed E-state index contributed by atoms with van der Waals surface area (Å²) in [4.78, 5) is 34.8. The first-order valence-corrected chi connectivity index (χ1v) is 13.4. The molecule has 0 aliphatic rings. The van der Waals surface area contributed by atoms with Crippen LogP contribution in [0.1, 0.15) is 68.3 Å². The van der Waals surface area contributed by atoms with Gasteiger partial charge in [-0.15, -0.1) is 0 Å². The van der Waals surface area contributed by atoms with E-state index in [2.05, 4.69) is 29.5 Å². The molecule has 0 radical (unpaired) electrons. The van der Waals surface area contributed by atoms with Gasteiger partial charge < -0.3 is 21.1 Å². The second-order valence-corrected chi connectivity index (χ2v) is 11.1. The molecule has 3 aromatic rings. The summed E-state index contributed by atoms with van der Waals surface area (Å²) in [7, 11) is 0. The molecule has 2 heterocycles. The zero-order valence-electron chi connectivity index (χ0n) is 23.9. The molecule has 0 bridgehead atoms. The maximum atomic E-state index is 13.2. The van der Waals surface area contributed by atoms with Crippen molar-refractivity contribution >= 4 is 12.0 Å². The minimum absolute atomic E-state index is 0.119. The van der Waals surface area contributed by atoms with Gasteiger partial charge in [-0.05, 0) is 73.9 Å². The standard InChI is InChI=1S/C31H41N5O3/c1-20(2)14-27-26(19-35-30(38)39-31(4,5)6)29(24-11-9-22(16-32)10-12-24)25(21(3)36-27)15-28(37)34-18-23-8-7-13-33-17-23/h7-13,17,20H,14-16,18-19,32H2,1-6H3,(H,34,37)(H,35,38). The summed E-state index contributed by atoms with van der Waals surface area (Å²) in [6, 6.07) is 11.8. The number of aryl methyl sites for hydroxylation is 1. The summed E-state index contributed by atoms with van der Waals surface area (Å²) in [6.07, 6.45) is 3.81. The van der Waals surface area contributed by atoms with Crippen molar-refractivity contribution in [3.8, 4) is 11.1 Å². The highest BCUT2D eigenvalue weighted by Gasteiger charge is 2.23. The minimum Gasteiger partial charge on any atom is -0.444 e. The first-order chi connectivity index (χ1) is 18.5. The molecule has 2 aromatic heterocycles. The maximum Gasteiger partial charge on any atom is 0.407 e. The molecular weight excluding hydrogens is 490 g/mol. The number of nitrogens with zero attached hydrogens (tertiary/aromatic N) is 2. The lowest BCUT2D eigenvalue weighted by Crippen LogP contribution is -2.33. The van der Waals surface area contributed by atoms with Gasteiger partial charge >= 0.3 is 6.09 Å². The van der Waals surface area contributed by atoms with Crippen LogP contribution in [0.4, 0.5) is 4.79 Å².